The fourth-order valence-corrected chi connectivity index (χ4v) is 3.58. The highest BCUT2D eigenvalue weighted by molar-refractivity contribution is 8.15. The summed E-state index contributed by atoms with van der Waals surface area (Å²) in [5.74, 6) is 0.827. The van der Waals surface area contributed by atoms with Gasteiger partial charge in [-0.25, -0.2) is 0 Å². The highest BCUT2D eigenvalue weighted by Crippen LogP contribution is 2.24. The molecule has 1 aromatic carbocycles. The minimum absolute atomic E-state index is 0.211. The number of amides is 2. The van der Waals surface area contributed by atoms with Gasteiger partial charge in [0.1, 0.15) is 5.75 Å². The first-order valence-electron chi connectivity index (χ1n) is 8.73. The molecule has 0 bridgehead atoms. The van der Waals surface area contributed by atoms with Crippen molar-refractivity contribution >= 4 is 22.9 Å². The number of imide groups is 1. The van der Waals surface area contributed by atoms with Gasteiger partial charge in [0.25, 0.3) is 5.24 Å². The Labute approximate surface area is 157 Å². The molecule has 0 radical (unpaired) electrons. The Hall–Kier alpha value is -2.34. The Balaban J connectivity index is 1.52. The fraction of sp³-hybridized carbons (Fsp3) is 0.350. The molecule has 0 spiro atoms. The van der Waals surface area contributed by atoms with Gasteiger partial charge in [-0.05, 0) is 42.2 Å². The molecule has 1 aromatic heterocycles. The third-order valence-corrected chi connectivity index (χ3v) is 5.37. The average Bonchev–Trinajstić information content (AvgIpc) is 2.98. The minimum atomic E-state index is -0.340. The summed E-state index contributed by atoms with van der Waals surface area (Å²) in [6, 6.07) is 11.8. The maximum Gasteiger partial charge on any atom is 0.286 e. The number of benzene rings is 1. The van der Waals surface area contributed by atoms with Crippen molar-refractivity contribution in [1.82, 2.24) is 10.3 Å². The van der Waals surface area contributed by atoms with E-state index in [0.29, 0.717) is 13.0 Å². The van der Waals surface area contributed by atoms with Gasteiger partial charge in [-0.15, -0.1) is 0 Å². The van der Waals surface area contributed by atoms with Gasteiger partial charge in [-0.1, -0.05) is 43.8 Å². The van der Waals surface area contributed by atoms with Gasteiger partial charge in [0, 0.05) is 17.8 Å². The molecule has 0 aliphatic carbocycles. The third-order valence-electron chi connectivity index (χ3n) is 4.39. The van der Waals surface area contributed by atoms with E-state index in [1.165, 1.54) is 0 Å². The molecule has 1 aliphatic heterocycles. The lowest BCUT2D eigenvalue weighted by atomic mass is 10.0. The first kappa shape index (κ1) is 18.5. The van der Waals surface area contributed by atoms with Crippen LogP contribution in [0.3, 0.4) is 0 Å². The Kier molecular flexibility index (Phi) is 5.93. The zero-order chi connectivity index (χ0) is 18.5. The van der Waals surface area contributed by atoms with Crippen LogP contribution in [0.4, 0.5) is 4.79 Å². The smallest absolute Gasteiger partial charge is 0.286 e. The molecule has 2 aromatic rings. The molecule has 6 heteroatoms. The number of aromatic nitrogens is 1. The normalized spacial score (nSPS) is 17.8. The van der Waals surface area contributed by atoms with Crippen LogP contribution in [0.15, 0.2) is 42.6 Å². The molecule has 2 heterocycles. The van der Waals surface area contributed by atoms with E-state index in [2.05, 4.69) is 36.3 Å². The van der Waals surface area contributed by atoms with E-state index in [4.69, 9.17) is 4.74 Å². The SMILES string of the molecule is CCc1ccc(C(C)COc2ccc(CC3SC(=O)NC3=O)cc2)cn1. The van der Waals surface area contributed by atoms with Crippen LogP contribution in [0.2, 0.25) is 0 Å². The molecule has 2 unspecified atom stereocenters. The van der Waals surface area contributed by atoms with E-state index in [1.807, 2.05) is 30.5 Å². The molecule has 1 fully saturated rings. The van der Waals surface area contributed by atoms with Crippen LogP contribution in [-0.4, -0.2) is 28.0 Å². The third kappa shape index (κ3) is 4.64. The first-order valence-corrected chi connectivity index (χ1v) is 9.61. The minimum Gasteiger partial charge on any atom is -0.493 e. The van der Waals surface area contributed by atoms with Gasteiger partial charge >= 0.3 is 0 Å². The van der Waals surface area contributed by atoms with Crippen molar-refractivity contribution in [2.75, 3.05) is 6.61 Å². The Morgan fingerprint density at radius 2 is 1.96 bits per heavy atom. The van der Waals surface area contributed by atoms with Crippen molar-refractivity contribution in [1.29, 1.82) is 0 Å². The predicted octanol–water partition coefficient (Wildman–Crippen LogP) is 3.72. The van der Waals surface area contributed by atoms with Crippen LogP contribution in [0, 0.1) is 0 Å². The second kappa shape index (κ2) is 8.36. The van der Waals surface area contributed by atoms with Crippen molar-refractivity contribution in [3.05, 3.63) is 59.4 Å². The van der Waals surface area contributed by atoms with Crippen LogP contribution in [-0.2, 0) is 17.6 Å². The quantitative estimate of drug-likeness (QED) is 0.804. The number of nitrogens with zero attached hydrogens (tertiary/aromatic N) is 1. The predicted molar refractivity (Wildman–Crippen MR) is 103 cm³/mol. The number of carbonyl (C=O) groups excluding carboxylic acids is 2. The van der Waals surface area contributed by atoms with Gasteiger partial charge in [0.05, 0.1) is 11.9 Å². The van der Waals surface area contributed by atoms with Crippen LogP contribution < -0.4 is 10.1 Å². The molecular weight excluding hydrogens is 348 g/mol. The van der Waals surface area contributed by atoms with Crippen LogP contribution in [0.5, 0.6) is 5.75 Å². The molecule has 0 saturated carbocycles. The van der Waals surface area contributed by atoms with Gasteiger partial charge < -0.3 is 4.74 Å². The van der Waals surface area contributed by atoms with Crippen LogP contribution in [0.25, 0.3) is 0 Å². The number of hydrogen-bond donors (Lipinski definition) is 1. The van der Waals surface area contributed by atoms with Crippen molar-refractivity contribution in [2.24, 2.45) is 0 Å². The second-order valence-electron chi connectivity index (χ2n) is 6.38. The first-order chi connectivity index (χ1) is 12.5. The summed E-state index contributed by atoms with van der Waals surface area (Å²) in [5, 5.41) is 1.70. The lowest BCUT2D eigenvalue weighted by Gasteiger charge is -2.14. The van der Waals surface area contributed by atoms with Crippen molar-refractivity contribution < 1.29 is 14.3 Å². The summed E-state index contributed by atoms with van der Waals surface area (Å²) in [7, 11) is 0. The second-order valence-corrected chi connectivity index (χ2v) is 7.56. The Morgan fingerprint density at radius 3 is 2.54 bits per heavy atom. The molecule has 1 N–H and O–H groups in total. The maximum atomic E-state index is 11.6. The molecule has 5 nitrogen and oxygen atoms in total. The Bertz CT molecular complexity index is 775. The largest absolute Gasteiger partial charge is 0.493 e. The van der Waals surface area contributed by atoms with Crippen molar-refractivity contribution in [2.45, 2.75) is 37.9 Å². The van der Waals surface area contributed by atoms with Crippen LogP contribution >= 0.6 is 11.8 Å². The van der Waals surface area contributed by atoms with Crippen molar-refractivity contribution in [3.63, 3.8) is 0 Å². The number of thioether (sulfide) groups is 1. The highest BCUT2D eigenvalue weighted by Gasteiger charge is 2.31. The molecule has 26 heavy (non-hydrogen) atoms. The number of aryl methyl sites for hydroxylation is 1. The molecule has 136 valence electrons. The summed E-state index contributed by atoms with van der Waals surface area (Å²) >= 11 is 1.05. The van der Waals surface area contributed by atoms with E-state index < -0.39 is 0 Å². The molecule has 2 atom stereocenters. The topological polar surface area (TPSA) is 68.3 Å². The van der Waals surface area contributed by atoms with Crippen molar-refractivity contribution in [3.8, 4) is 5.75 Å². The van der Waals surface area contributed by atoms with Gasteiger partial charge in [-0.2, -0.15) is 0 Å². The number of hydrogen-bond acceptors (Lipinski definition) is 5. The zero-order valence-corrected chi connectivity index (χ0v) is 15.7. The summed E-state index contributed by atoms with van der Waals surface area (Å²) in [6.45, 7) is 4.78. The van der Waals surface area contributed by atoms with Gasteiger partial charge in [0.2, 0.25) is 5.91 Å². The molecule has 1 saturated heterocycles. The summed E-state index contributed by atoms with van der Waals surface area (Å²) in [4.78, 5) is 27.3. The molecule has 3 rings (SSSR count). The standard InChI is InChI=1S/C20H22N2O3S/c1-3-16-7-6-15(11-21-16)13(2)12-25-17-8-4-14(5-9-17)10-18-19(23)22-20(24)26-18/h4-9,11,13,18H,3,10,12H2,1-2H3,(H,22,23,24). The van der Waals surface area contributed by atoms with E-state index in [-0.39, 0.29) is 22.3 Å². The lowest BCUT2D eigenvalue weighted by Crippen LogP contribution is -2.25. The highest BCUT2D eigenvalue weighted by atomic mass is 32.2. The Morgan fingerprint density at radius 1 is 1.19 bits per heavy atom. The number of ether oxygens (including phenoxy) is 1. The molecule has 2 amide bonds. The molecule has 1 aliphatic rings. The summed E-state index contributed by atoms with van der Waals surface area (Å²) < 4.78 is 5.88. The summed E-state index contributed by atoms with van der Waals surface area (Å²) in [6.07, 6.45) is 3.39. The lowest BCUT2D eigenvalue weighted by molar-refractivity contribution is -0.118. The van der Waals surface area contributed by atoms with E-state index in [0.717, 1.165) is 40.8 Å². The number of rotatable bonds is 7. The van der Waals surface area contributed by atoms with E-state index in [9.17, 15) is 9.59 Å². The fourth-order valence-electron chi connectivity index (χ4n) is 2.72. The van der Waals surface area contributed by atoms with Gasteiger partial charge in [0.15, 0.2) is 0 Å². The monoisotopic (exact) mass is 370 g/mol. The van der Waals surface area contributed by atoms with Gasteiger partial charge in [-0.3, -0.25) is 19.9 Å². The average molecular weight is 370 g/mol. The van der Waals surface area contributed by atoms with E-state index >= 15 is 0 Å². The van der Waals surface area contributed by atoms with E-state index in [1.54, 1.807) is 0 Å². The zero-order valence-electron chi connectivity index (χ0n) is 14.9. The number of nitrogens with one attached hydrogen (secondary N) is 1. The molecular formula is C20H22N2O3S. The summed E-state index contributed by atoms with van der Waals surface area (Å²) in [5.41, 5.74) is 3.26. The number of pyridine rings is 1. The van der Waals surface area contributed by atoms with Crippen LogP contribution in [0.1, 0.15) is 36.6 Å². The number of carbonyl (C=O) groups is 2. The maximum absolute atomic E-state index is 11.6.